The van der Waals surface area contributed by atoms with Gasteiger partial charge in [0.25, 0.3) is 5.69 Å². The molecule has 1 fully saturated rings. The number of nitrogens with two attached hydrogens (primary N) is 1. The molecular formula is C16H25N3O2. The van der Waals surface area contributed by atoms with Gasteiger partial charge in [-0.1, -0.05) is 25.5 Å². The first-order valence-corrected chi connectivity index (χ1v) is 7.85. The molecule has 1 aromatic carbocycles. The average Bonchev–Trinajstić information content (AvgIpc) is 2.69. The van der Waals surface area contributed by atoms with E-state index >= 15 is 0 Å². The Morgan fingerprint density at radius 1 is 1.43 bits per heavy atom. The number of nitro benzene ring substituents is 1. The summed E-state index contributed by atoms with van der Waals surface area (Å²) in [4.78, 5) is 13.2. The number of likely N-dealkylation sites (tertiary alicyclic amines) is 1. The van der Waals surface area contributed by atoms with Crippen LogP contribution in [0.2, 0.25) is 0 Å². The van der Waals surface area contributed by atoms with E-state index in [1.54, 1.807) is 18.2 Å². The van der Waals surface area contributed by atoms with E-state index < -0.39 is 0 Å². The van der Waals surface area contributed by atoms with Gasteiger partial charge in [-0.05, 0) is 50.4 Å². The quantitative estimate of drug-likeness (QED) is 0.668. The van der Waals surface area contributed by atoms with Gasteiger partial charge >= 0.3 is 0 Å². The van der Waals surface area contributed by atoms with E-state index in [0.717, 1.165) is 31.5 Å². The van der Waals surface area contributed by atoms with Crippen molar-refractivity contribution in [1.82, 2.24) is 4.90 Å². The molecule has 1 heterocycles. The highest BCUT2D eigenvalue weighted by Gasteiger charge is 2.30. The van der Waals surface area contributed by atoms with Gasteiger partial charge in [0.1, 0.15) is 0 Å². The normalized spacial score (nSPS) is 23.7. The molecule has 1 aromatic rings. The summed E-state index contributed by atoms with van der Waals surface area (Å²) in [5.74, 6) is 0.376. The summed E-state index contributed by atoms with van der Waals surface area (Å²) < 4.78 is 0. The first-order valence-electron chi connectivity index (χ1n) is 7.85. The smallest absolute Gasteiger partial charge is 0.269 e. The van der Waals surface area contributed by atoms with Gasteiger partial charge in [0.2, 0.25) is 0 Å². The van der Waals surface area contributed by atoms with Crippen LogP contribution in [0.3, 0.4) is 0 Å². The molecule has 0 radical (unpaired) electrons. The van der Waals surface area contributed by atoms with Crippen LogP contribution < -0.4 is 5.73 Å². The second-order valence-corrected chi connectivity index (χ2v) is 5.82. The third kappa shape index (κ3) is 3.80. The number of benzene rings is 1. The summed E-state index contributed by atoms with van der Waals surface area (Å²) in [7, 11) is 0. The predicted octanol–water partition coefficient (Wildman–Crippen LogP) is 3.11. The van der Waals surface area contributed by atoms with Crippen molar-refractivity contribution >= 4 is 5.69 Å². The van der Waals surface area contributed by atoms with Gasteiger partial charge < -0.3 is 5.73 Å². The van der Waals surface area contributed by atoms with Crippen LogP contribution in [-0.2, 0) is 0 Å². The molecule has 5 nitrogen and oxygen atoms in total. The molecule has 1 aliphatic rings. The summed E-state index contributed by atoms with van der Waals surface area (Å²) in [5.41, 5.74) is 7.20. The zero-order valence-corrected chi connectivity index (χ0v) is 12.7. The van der Waals surface area contributed by atoms with Gasteiger partial charge in [-0.2, -0.15) is 0 Å². The Balaban J connectivity index is 2.36. The summed E-state index contributed by atoms with van der Waals surface area (Å²) in [6, 6.07) is 7.28. The van der Waals surface area contributed by atoms with E-state index in [1.807, 2.05) is 6.07 Å². The van der Waals surface area contributed by atoms with Crippen LogP contribution in [0, 0.1) is 16.0 Å². The van der Waals surface area contributed by atoms with Crippen LogP contribution in [0.25, 0.3) is 0 Å². The fourth-order valence-electron chi connectivity index (χ4n) is 3.41. The van der Waals surface area contributed by atoms with Crippen LogP contribution in [0.5, 0.6) is 0 Å². The second kappa shape index (κ2) is 7.52. The molecule has 0 amide bonds. The van der Waals surface area contributed by atoms with E-state index in [2.05, 4.69) is 11.8 Å². The number of nitrogens with zero attached hydrogens (tertiary/aromatic N) is 2. The Hall–Kier alpha value is -1.46. The third-order valence-corrected chi connectivity index (χ3v) is 4.35. The predicted molar refractivity (Wildman–Crippen MR) is 84.1 cm³/mol. The SMILES string of the molecule is CCCN1CCCCC(CN)C1c1cccc([N+](=O)[O-])c1. The Kier molecular flexibility index (Phi) is 5.70. The number of hydrogen-bond acceptors (Lipinski definition) is 4. The first-order chi connectivity index (χ1) is 10.2. The zero-order chi connectivity index (χ0) is 15.2. The van der Waals surface area contributed by atoms with Gasteiger partial charge in [-0.25, -0.2) is 0 Å². The highest BCUT2D eigenvalue weighted by molar-refractivity contribution is 5.36. The standard InChI is InChI=1S/C16H25N3O2/c1-2-9-18-10-4-3-6-14(12-17)16(18)13-7-5-8-15(11-13)19(20)21/h5,7-8,11,14,16H,2-4,6,9-10,12,17H2,1H3. The van der Waals surface area contributed by atoms with Gasteiger partial charge in [0, 0.05) is 18.2 Å². The van der Waals surface area contributed by atoms with Crippen LogP contribution >= 0.6 is 0 Å². The van der Waals surface area contributed by atoms with Crippen molar-refractivity contribution in [3.8, 4) is 0 Å². The lowest BCUT2D eigenvalue weighted by Crippen LogP contribution is -2.36. The zero-order valence-electron chi connectivity index (χ0n) is 12.7. The molecule has 5 heteroatoms. The summed E-state index contributed by atoms with van der Waals surface area (Å²) in [5, 5.41) is 11.0. The molecule has 0 saturated carbocycles. The van der Waals surface area contributed by atoms with Crippen LogP contribution in [0.15, 0.2) is 24.3 Å². The molecular weight excluding hydrogens is 266 g/mol. The third-order valence-electron chi connectivity index (χ3n) is 4.35. The Morgan fingerprint density at radius 3 is 2.90 bits per heavy atom. The molecule has 0 aromatic heterocycles. The Labute approximate surface area is 126 Å². The van der Waals surface area contributed by atoms with E-state index in [0.29, 0.717) is 12.5 Å². The highest BCUT2D eigenvalue weighted by atomic mass is 16.6. The Morgan fingerprint density at radius 2 is 2.24 bits per heavy atom. The van der Waals surface area contributed by atoms with Gasteiger partial charge in [-0.15, -0.1) is 0 Å². The summed E-state index contributed by atoms with van der Waals surface area (Å²) in [6.45, 7) is 4.88. The second-order valence-electron chi connectivity index (χ2n) is 5.82. The van der Waals surface area contributed by atoms with Crippen molar-refractivity contribution in [2.75, 3.05) is 19.6 Å². The van der Waals surface area contributed by atoms with Crippen LogP contribution in [0.4, 0.5) is 5.69 Å². The summed E-state index contributed by atoms with van der Waals surface area (Å²) in [6.07, 6.45) is 4.56. The molecule has 2 N–H and O–H groups in total. The largest absolute Gasteiger partial charge is 0.330 e. The van der Waals surface area contributed by atoms with E-state index in [9.17, 15) is 10.1 Å². The minimum absolute atomic E-state index is 0.170. The Bertz CT molecular complexity index is 478. The van der Waals surface area contributed by atoms with Gasteiger partial charge in [-0.3, -0.25) is 15.0 Å². The molecule has 21 heavy (non-hydrogen) atoms. The van der Waals surface area contributed by atoms with Crippen molar-refractivity contribution in [2.45, 2.75) is 38.6 Å². The average molecular weight is 291 g/mol. The lowest BCUT2D eigenvalue weighted by molar-refractivity contribution is -0.385. The molecule has 0 bridgehead atoms. The highest BCUT2D eigenvalue weighted by Crippen LogP contribution is 2.35. The van der Waals surface area contributed by atoms with E-state index in [4.69, 9.17) is 5.73 Å². The monoisotopic (exact) mass is 291 g/mol. The molecule has 0 aliphatic carbocycles. The van der Waals surface area contributed by atoms with Gasteiger partial charge in [0.05, 0.1) is 4.92 Å². The van der Waals surface area contributed by atoms with Crippen molar-refractivity contribution in [1.29, 1.82) is 0 Å². The maximum Gasteiger partial charge on any atom is 0.269 e. The first kappa shape index (κ1) is 15.9. The fourth-order valence-corrected chi connectivity index (χ4v) is 3.41. The van der Waals surface area contributed by atoms with Crippen molar-refractivity contribution < 1.29 is 4.92 Å². The molecule has 2 unspecified atom stereocenters. The maximum atomic E-state index is 11.0. The van der Waals surface area contributed by atoms with Gasteiger partial charge in [0.15, 0.2) is 0 Å². The molecule has 2 rings (SSSR count). The number of non-ortho nitro benzene ring substituents is 1. The lowest BCUT2D eigenvalue weighted by atomic mass is 9.89. The topological polar surface area (TPSA) is 72.4 Å². The van der Waals surface area contributed by atoms with Crippen molar-refractivity contribution in [3.05, 3.63) is 39.9 Å². The van der Waals surface area contributed by atoms with Crippen molar-refractivity contribution in [3.63, 3.8) is 0 Å². The minimum Gasteiger partial charge on any atom is -0.330 e. The molecule has 116 valence electrons. The summed E-state index contributed by atoms with van der Waals surface area (Å²) >= 11 is 0. The number of nitro groups is 1. The van der Waals surface area contributed by atoms with E-state index in [1.165, 1.54) is 12.8 Å². The maximum absolute atomic E-state index is 11.0. The molecule has 1 saturated heterocycles. The fraction of sp³-hybridized carbons (Fsp3) is 0.625. The minimum atomic E-state index is -0.318. The molecule has 2 atom stereocenters. The lowest BCUT2D eigenvalue weighted by Gasteiger charge is -2.34. The molecule has 0 spiro atoms. The molecule has 1 aliphatic heterocycles. The van der Waals surface area contributed by atoms with Crippen LogP contribution in [0.1, 0.15) is 44.2 Å². The number of rotatable bonds is 5. The van der Waals surface area contributed by atoms with Crippen LogP contribution in [-0.4, -0.2) is 29.5 Å². The van der Waals surface area contributed by atoms with E-state index in [-0.39, 0.29) is 16.7 Å². The van der Waals surface area contributed by atoms with Crippen molar-refractivity contribution in [2.24, 2.45) is 11.7 Å². The number of hydrogen-bond donors (Lipinski definition) is 1.